The highest BCUT2D eigenvalue weighted by atomic mass is 32.1. The lowest BCUT2D eigenvalue weighted by Crippen LogP contribution is -2.11. The summed E-state index contributed by atoms with van der Waals surface area (Å²) in [5.74, 6) is -0.813. The molecular weight excluding hydrogens is 319 g/mol. The lowest BCUT2D eigenvalue weighted by molar-refractivity contribution is -0.137. The summed E-state index contributed by atoms with van der Waals surface area (Å²) in [6, 6.07) is 4.47. The molecule has 9 heteroatoms. The summed E-state index contributed by atoms with van der Waals surface area (Å²) in [7, 11) is 0. The second-order valence-corrected chi connectivity index (χ2v) is 4.53. The first-order valence-electron chi connectivity index (χ1n) is 6.11. The second kappa shape index (κ2) is 6.30. The van der Waals surface area contributed by atoms with Gasteiger partial charge in [-0.25, -0.2) is 9.78 Å². The van der Waals surface area contributed by atoms with Crippen LogP contribution in [0.5, 0.6) is 0 Å². The molecule has 2 rings (SSSR count). The predicted octanol–water partition coefficient (Wildman–Crippen LogP) is 3.02. The molecule has 0 radical (unpaired) electrons. The fourth-order valence-corrected chi connectivity index (χ4v) is 1.84. The van der Waals surface area contributed by atoms with E-state index in [1.54, 1.807) is 6.92 Å². The molecule has 0 unspecified atom stereocenters. The Morgan fingerprint density at radius 3 is 2.64 bits per heavy atom. The zero-order valence-electron chi connectivity index (χ0n) is 11.3. The molecule has 0 bridgehead atoms. The van der Waals surface area contributed by atoms with Crippen LogP contribution >= 0.6 is 12.6 Å². The van der Waals surface area contributed by atoms with Crippen LogP contribution in [-0.4, -0.2) is 27.8 Å². The van der Waals surface area contributed by atoms with Crippen LogP contribution in [0.25, 0.3) is 11.4 Å². The van der Waals surface area contributed by atoms with E-state index in [1.165, 1.54) is 12.1 Å². The fourth-order valence-electron chi connectivity index (χ4n) is 1.61. The van der Waals surface area contributed by atoms with Crippen molar-refractivity contribution >= 4 is 18.6 Å². The SMILES string of the molecule is CCOC(=O)c1nnc(-c2cccc(C(F)(F)F)c2)nc1S. The average molecular weight is 329 g/mol. The first kappa shape index (κ1) is 16.2. The Morgan fingerprint density at radius 2 is 2.05 bits per heavy atom. The molecule has 116 valence electrons. The second-order valence-electron chi connectivity index (χ2n) is 4.11. The maximum absolute atomic E-state index is 12.7. The molecule has 0 atom stereocenters. The number of carbonyl (C=O) groups excluding carboxylic acids is 1. The van der Waals surface area contributed by atoms with E-state index in [0.717, 1.165) is 12.1 Å². The number of esters is 1. The van der Waals surface area contributed by atoms with E-state index < -0.39 is 17.7 Å². The molecule has 0 saturated heterocycles. The minimum absolute atomic E-state index is 0.0656. The third-order valence-electron chi connectivity index (χ3n) is 2.59. The molecule has 0 saturated carbocycles. The fraction of sp³-hybridized carbons (Fsp3) is 0.231. The minimum atomic E-state index is -4.47. The van der Waals surface area contributed by atoms with Crippen molar-refractivity contribution in [2.45, 2.75) is 18.1 Å². The summed E-state index contributed by atoms with van der Waals surface area (Å²) in [6.45, 7) is 1.76. The molecule has 0 amide bonds. The van der Waals surface area contributed by atoms with Crippen molar-refractivity contribution in [3.63, 3.8) is 0 Å². The highest BCUT2D eigenvalue weighted by molar-refractivity contribution is 7.80. The quantitative estimate of drug-likeness (QED) is 0.693. The van der Waals surface area contributed by atoms with Gasteiger partial charge in [0.2, 0.25) is 5.69 Å². The molecule has 1 aromatic heterocycles. The normalized spacial score (nSPS) is 11.3. The van der Waals surface area contributed by atoms with Crippen molar-refractivity contribution < 1.29 is 22.7 Å². The van der Waals surface area contributed by atoms with Gasteiger partial charge in [-0.05, 0) is 19.1 Å². The molecule has 0 aliphatic heterocycles. The first-order valence-corrected chi connectivity index (χ1v) is 6.56. The number of halogens is 3. The van der Waals surface area contributed by atoms with Gasteiger partial charge in [0.25, 0.3) is 0 Å². The summed E-state index contributed by atoms with van der Waals surface area (Å²) in [5.41, 5.74) is -0.905. The number of hydrogen-bond donors (Lipinski definition) is 1. The molecule has 0 aliphatic rings. The van der Waals surface area contributed by atoms with Crippen LogP contribution in [0.3, 0.4) is 0 Å². The standard InChI is InChI=1S/C13H10F3N3O2S/c1-2-21-12(20)9-11(22)17-10(19-18-9)7-4-3-5-8(6-7)13(14,15)16/h3-6H,2H2,1H3,(H,17,19,22). The lowest BCUT2D eigenvalue weighted by Gasteiger charge is -2.08. The molecule has 0 N–H and O–H groups in total. The van der Waals surface area contributed by atoms with Crippen LogP contribution in [0, 0.1) is 0 Å². The molecule has 1 heterocycles. The van der Waals surface area contributed by atoms with Gasteiger partial charge in [0.15, 0.2) is 5.82 Å². The van der Waals surface area contributed by atoms with E-state index in [-0.39, 0.29) is 28.7 Å². The van der Waals surface area contributed by atoms with Crippen LogP contribution in [0.2, 0.25) is 0 Å². The minimum Gasteiger partial charge on any atom is -0.461 e. The van der Waals surface area contributed by atoms with Gasteiger partial charge in [-0.3, -0.25) is 0 Å². The summed E-state index contributed by atoms with van der Waals surface area (Å²) in [5, 5.41) is 7.21. The summed E-state index contributed by atoms with van der Waals surface area (Å²) in [4.78, 5) is 15.4. The number of thiol groups is 1. The topological polar surface area (TPSA) is 65.0 Å². The first-order chi connectivity index (χ1) is 10.3. The van der Waals surface area contributed by atoms with Crippen LogP contribution in [-0.2, 0) is 10.9 Å². The average Bonchev–Trinajstić information content (AvgIpc) is 2.46. The van der Waals surface area contributed by atoms with E-state index in [4.69, 9.17) is 4.74 Å². The number of rotatable bonds is 3. The smallest absolute Gasteiger partial charge is 0.416 e. The summed E-state index contributed by atoms with van der Waals surface area (Å²) >= 11 is 4.00. The zero-order valence-corrected chi connectivity index (χ0v) is 12.2. The monoisotopic (exact) mass is 329 g/mol. The van der Waals surface area contributed by atoms with E-state index in [1.807, 2.05) is 0 Å². The van der Waals surface area contributed by atoms with Gasteiger partial charge in [-0.15, -0.1) is 22.8 Å². The van der Waals surface area contributed by atoms with Gasteiger partial charge in [-0.2, -0.15) is 13.2 Å². The summed E-state index contributed by atoms with van der Waals surface area (Å²) < 4.78 is 42.8. The highest BCUT2D eigenvalue weighted by Gasteiger charge is 2.30. The maximum Gasteiger partial charge on any atom is 0.416 e. The third-order valence-corrected chi connectivity index (χ3v) is 2.90. The van der Waals surface area contributed by atoms with Crippen LogP contribution in [0.4, 0.5) is 13.2 Å². The van der Waals surface area contributed by atoms with Crippen molar-refractivity contribution in [3.05, 3.63) is 35.5 Å². The Hall–Kier alpha value is -2.16. The molecule has 1 aromatic carbocycles. The van der Waals surface area contributed by atoms with E-state index in [9.17, 15) is 18.0 Å². The van der Waals surface area contributed by atoms with Crippen molar-refractivity contribution in [2.75, 3.05) is 6.61 Å². The third kappa shape index (κ3) is 3.53. The molecule has 0 fully saturated rings. The largest absolute Gasteiger partial charge is 0.461 e. The van der Waals surface area contributed by atoms with Crippen molar-refractivity contribution in [1.29, 1.82) is 0 Å². The lowest BCUT2D eigenvalue weighted by atomic mass is 10.1. The Kier molecular flexibility index (Phi) is 4.65. The zero-order chi connectivity index (χ0) is 16.3. The van der Waals surface area contributed by atoms with E-state index in [2.05, 4.69) is 27.8 Å². The van der Waals surface area contributed by atoms with Gasteiger partial charge in [0.1, 0.15) is 5.03 Å². The number of nitrogens with zero attached hydrogens (tertiary/aromatic N) is 3. The van der Waals surface area contributed by atoms with Crippen LogP contribution in [0.1, 0.15) is 23.0 Å². The number of ether oxygens (including phenoxy) is 1. The molecule has 0 spiro atoms. The Morgan fingerprint density at radius 1 is 1.32 bits per heavy atom. The molecular formula is C13H10F3N3O2S. The maximum atomic E-state index is 12.7. The number of hydrogen-bond acceptors (Lipinski definition) is 6. The van der Waals surface area contributed by atoms with E-state index in [0.29, 0.717) is 0 Å². The van der Waals surface area contributed by atoms with Crippen molar-refractivity contribution in [2.24, 2.45) is 0 Å². The molecule has 5 nitrogen and oxygen atoms in total. The van der Waals surface area contributed by atoms with Crippen LogP contribution < -0.4 is 0 Å². The number of benzene rings is 1. The van der Waals surface area contributed by atoms with Gasteiger partial charge in [0.05, 0.1) is 12.2 Å². The Balaban J connectivity index is 2.39. The van der Waals surface area contributed by atoms with E-state index >= 15 is 0 Å². The van der Waals surface area contributed by atoms with Crippen LogP contribution in [0.15, 0.2) is 29.3 Å². The number of carbonyl (C=O) groups is 1. The molecule has 0 aliphatic carbocycles. The molecule has 22 heavy (non-hydrogen) atoms. The molecule has 2 aromatic rings. The highest BCUT2D eigenvalue weighted by Crippen LogP contribution is 2.31. The Labute approximate surface area is 129 Å². The van der Waals surface area contributed by atoms with Gasteiger partial charge >= 0.3 is 12.1 Å². The van der Waals surface area contributed by atoms with Gasteiger partial charge in [-0.1, -0.05) is 12.1 Å². The van der Waals surface area contributed by atoms with Crippen molar-refractivity contribution in [3.8, 4) is 11.4 Å². The predicted molar refractivity (Wildman–Crippen MR) is 73.5 cm³/mol. The van der Waals surface area contributed by atoms with Gasteiger partial charge in [0, 0.05) is 5.56 Å². The summed E-state index contributed by atoms with van der Waals surface area (Å²) in [6.07, 6.45) is -4.47. The number of alkyl halides is 3. The Bertz CT molecular complexity index is 707. The van der Waals surface area contributed by atoms with Crippen molar-refractivity contribution in [1.82, 2.24) is 15.2 Å². The number of aromatic nitrogens is 3. The van der Waals surface area contributed by atoms with Gasteiger partial charge < -0.3 is 4.74 Å².